The van der Waals surface area contributed by atoms with E-state index in [1.54, 1.807) is 24.3 Å². The minimum absolute atomic E-state index is 0.404. The minimum atomic E-state index is -0.643. The highest BCUT2D eigenvalue weighted by Crippen LogP contribution is 2.26. The first-order valence-electron chi connectivity index (χ1n) is 3.57. The molecule has 0 radical (unpaired) electrons. The largest absolute Gasteiger partial charge is 0.469 e. The molecule has 5 heteroatoms. The smallest absolute Gasteiger partial charge is 0.283 e. The van der Waals surface area contributed by atoms with Gasteiger partial charge in [-0.15, -0.1) is 0 Å². The van der Waals surface area contributed by atoms with Crippen molar-refractivity contribution in [3.8, 4) is 5.75 Å². The molecule has 0 amide bonds. The Bertz CT molecular complexity index is 385. The molecule has 0 unspecified atom stereocenters. The lowest BCUT2D eigenvalue weighted by Gasteiger charge is -2.09. The molecule has 2 rings (SSSR count). The van der Waals surface area contributed by atoms with Crippen molar-refractivity contribution in [2.24, 2.45) is 0 Å². The van der Waals surface area contributed by atoms with Crippen molar-refractivity contribution in [1.82, 2.24) is 0 Å². The van der Waals surface area contributed by atoms with Crippen LogP contribution in [0.25, 0.3) is 6.08 Å². The van der Waals surface area contributed by atoms with E-state index in [9.17, 15) is 10.1 Å². The molecule has 0 aromatic heterocycles. The normalized spacial score (nSPS) is 13.4. The molecule has 0 saturated heterocycles. The number of hydrogen-bond donors (Lipinski definition) is 0. The van der Waals surface area contributed by atoms with Gasteiger partial charge in [0.25, 0.3) is 0 Å². The third-order valence-electron chi connectivity index (χ3n) is 1.59. The van der Waals surface area contributed by atoms with Crippen LogP contribution in [0.15, 0.2) is 30.1 Å². The van der Waals surface area contributed by atoms with Crippen molar-refractivity contribution >= 4 is 6.08 Å². The van der Waals surface area contributed by atoms with Crippen molar-refractivity contribution in [2.75, 3.05) is 0 Å². The summed E-state index contributed by atoms with van der Waals surface area (Å²) in [7, 11) is 0. The lowest BCUT2D eigenvalue weighted by Crippen LogP contribution is -2.10. The molecule has 0 fully saturated rings. The standard InChI is InChI=1S/C8H5NO4/c10-9(11)8-5-6-3-1-2-4-7(6)12-13-8/h1-5H. The van der Waals surface area contributed by atoms with Crippen molar-refractivity contribution in [2.45, 2.75) is 0 Å². The van der Waals surface area contributed by atoms with Gasteiger partial charge in [0.05, 0.1) is 6.08 Å². The van der Waals surface area contributed by atoms with Crippen molar-refractivity contribution in [3.05, 3.63) is 45.8 Å². The summed E-state index contributed by atoms with van der Waals surface area (Å²) < 4.78 is 0. The Morgan fingerprint density at radius 2 is 2.00 bits per heavy atom. The fourth-order valence-corrected chi connectivity index (χ4v) is 1.00. The van der Waals surface area contributed by atoms with E-state index in [4.69, 9.17) is 0 Å². The van der Waals surface area contributed by atoms with Crippen LogP contribution in [0.4, 0.5) is 0 Å². The lowest BCUT2D eigenvalue weighted by molar-refractivity contribution is -0.493. The zero-order valence-electron chi connectivity index (χ0n) is 6.47. The fourth-order valence-electron chi connectivity index (χ4n) is 1.00. The van der Waals surface area contributed by atoms with E-state index < -0.39 is 10.8 Å². The Balaban J connectivity index is 2.44. The maximum absolute atomic E-state index is 10.3. The summed E-state index contributed by atoms with van der Waals surface area (Å²) >= 11 is 0. The van der Waals surface area contributed by atoms with E-state index in [-0.39, 0.29) is 0 Å². The summed E-state index contributed by atoms with van der Waals surface area (Å²) in [6.45, 7) is 0. The van der Waals surface area contributed by atoms with Crippen LogP contribution in [0, 0.1) is 10.1 Å². The summed E-state index contributed by atoms with van der Waals surface area (Å²) in [5.41, 5.74) is 0.639. The zero-order chi connectivity index (χ0) is 9.26. The van der Waals surface area contributed by atoms with E-state index in [2.05, 4.69) is 9.78 Å². The highest BCUT2D eigenvalue weighted by Gasteiger charge is 2.21. The van der Waals surface area contributed by atoms with Crippen LogP contribution < -0.4 is 4.89 Å². The van der Waals surface area contributed by atoms with E-state index in [0.29, 0.717) is 11.3 Å². The Hall–Kier alpha value is -2.04. The van der Waals surface area contributed by atoms with Gasteiger partial charge in [0.15, 0.2) is 5.75 Å². The van der Waals surface area contributed by atoms with Gasteiger partial charge in [-0.1, -0.05) is 18.2 Å². The average Bonchev–Trinajstić information content (AvgIpc) is 2.17. The average molecular weight is 179 g/mol. The number of rotatable bonds is 1. The molecule has 0 bridgehead atoms. The molecule has 66 valence electrons. The van der Waals surface area contributed by atoms with Crippen molar-refractivity contribution < 1.29 is 14.7 Å². The van der Waals surface area contributed by atoms with Gasteiger partial charge in [0.2, 0.25) is 0 Å². The van der Waals surface area contributed by atoms with E-state index >= 15 is 0 Å². The molecular formula is C8H5NO4. The maximum Gasteiger partial charge on any atom is 0.469 e. The van der Waals surface area contributed by atoms with Gasteiger partial charge in [0.1, 0.15) is 4.92 Å². The summed E-state index contributed by atoms with van der Waals surface area (Å²) in [4.78, 5) is 18.8. The predicted molar refractivity (Wildman–Crippen MR) is 43.1 cm³/mol. The molecule has 0 N–H and O–H groups in total. The molecule has 1 aromatic rings. The molecule has 13 heavy (non-hydrogen) atoms. The van der Waals surface area contributed by atoms with Gasteiger partial charge in [-0.25, -0.2) is 4.89 Å². The maximum atomic E-state index is 10.3. The Kier molecular flexibility index (Phi) is 1.63. The molecule has 1 aliphatic rings. The van der Waals surface area contributed by atoms with Crippen LogP contribution >= 0.6 is 0 Å². The fraction of sp³-hybridized carbons (Fsp3) is 0. The lowest BCUT2D eigenvalue weighted by atomic mass is 10.2. The van der Waals surface area contributed by atoms with Gasteiger partial charge >= 0.3 is 5.88 Å². The monoisotopic (exact) mass is 179 g/mol. The molecule has 0 atom stereocenters. The van der Waals surface area contributed by atoms with Crippen molar-refractivity contribution in [3.63, 3.8) is 0 Å². The van der Waals surface area contributed by atoms with Crippen LogP contribution in [0.2, 0.25) is 0 Å². The Morgan fingerprint density at radius 1 is 1.23 bits per heavy atom. The topological polar surface area (TPSA) is 61.6 Å². The van der Waals surface area contributed by atoms with E-state index in [1.165, 1.54) is 6.08 Å². The molecule has 0 aliphatic carbocycles. The van der Waals surface area contributed by atoms with Crippen LogP contribution in [0.3, 0.4) is 0 Å². The van der Waals surface area contributed by atoms with Gasteiger partial charge < -0.3 is 0 Å². The van der Waals surface area contributed by atoms with Gasteiger partial charge in [0, 0.05) is 5.56 Å². The minimum Gasteiger partial charge on any atom is -0.283 e. The van der Waals surface area contributed by atoms with Crippen LogP contribution in [0.5, 0.6) is 5.75 Å². The van der Waals surface area contributed by atoms with Crippen LogP contribution in [0.1, 0.15) is 5.56 Å². The number of fused-ring (bicyclic) bond motifs is 1. The Morgan fingerprint density at radius 3 is 2.77 bits per heavy atom. The first-order valence-corrected chi connectivity index (χ1v) is 3.57. The van der Waals surface area contributed by atoms with E-state index in [0.717, 1.165) is 0 Å². The van der Waals surface area contributed by atoms with Crippen LogP contribution in [-0.4, -0.2) is 4.92 Å². The third-order valence-corrected chi connectivity index (χ3v) is 1.59. The number of para-hydroxylation sites is 1. The second-order valence-corrected chi connectivity index (χ2v) is 2.44. The number of nitrogens with zero attached hydrogens (tertiary/aromatic N) is 1. The summed E-state index contributed by atoms with van der Waals surface area (Å²) in [5.74, 6) is 0.0757. The van der Waals surface area contributed by atoms with Gasteiger partial charge in [-0.2, -0.15) is 0 Å². The highest BCUT2D eigenvalue weighted by atomic mass is 17.2. The highest BCUT2D eigenvalue weighted by molar-refractivity contribution is 5.58. The summed E-state index contributed by atoms with van der Waals surface area (Å²) in [5, 5.41) is 10.3. The predicted octanol–water partition coefficient (Wildman–Crippen LogP) is 1.59. The molecular weight excluding hydrogens is 174 g/mol. The second kappa shape index (κ2) is 2.78. The first kappa shape index (κ1) is 7.60. The molecule has 1 heterocycles. The van der Waals surface area contributed by atoms with Gasteiger partial charge in [-0.05, 0) is 6.07 Å². The SMILES string of the molecule is O=[N+]([O-])C1=Cc2ccccc2OO1. The molecule has 1 aromatic carbocycles. The molecule has 0 saturated carbocycles. The number of benzene rings is 1. The third kappa shape index (κ3) is 1.31. The summed E-state index contributed by atoms with van der Waals surface area (Å²) in [6.07, 6.45) is 1.32. The van der Waals surface area contributed by atoms with E-state index in [1.807, 2.05) is 0 Å². The zero-order valence-corrected chi connectivity index (χ0v) is 6.47. The quantitative estimate of drug-likeness (QED) is 0.373. The number of hydrogen-bond acceptors (Lipinski definition) is 4. The van der Waals surface area contributed by atoms with Crippen molar-refractivity contribution in [1.29, 1.82) is 0 Å². The summed E-state index contributed by atoms with van der Waals surface area (Å²) in [6, 6.07) is 6.90. The van der Waals surface area contributed by atoms with Gasteiger partial charge in [-0.3, -0.25) is 15.0 Å². The molecule has 1 aliphatic heterocycles. The molecule has 0 spiro atoms. The second-order valence-electron chi connectivity index (χ2n) is 2.44. The molecule has 5 nitrogen and oxygen atoms in total. The first-order chi connectivity index (χ1) is 6.27. The Labute approximate surface area is 73.3 Å². The number of nitro groups is 1. The van der Waals surface area contributed by atoms with Crippen LogP contribution in [-0.2, 0) is 4.89 Å².